The topological polar surface area (TPSA) is 108 Å². The van der Waals surface area contributed by atoms with Crippen LogP contribution in [0.4, 0.5) is 0 Å². The van der Waals surface area contributed by atoms with Crippen LogP contribution in [0.25, 0.3) is 11.4 Å². The predicted molar refractivity (Wildman–Crippen MR) is 109 cm³/mol. The summed E-state index contributed by atoms with van der Waals surface area (Å²) in [6.07, 6.45) is 4.30. The molecule has 0 atom stereocenters. The first kappa shape index (κ1) is 19.6. The first-order valence-corrected chi connectivity index (χ1v) is 9.80. The summed E-state index contributed by atoms with van der Waals surface area (Å²) in [7, 11) is 0. The highest BCUT2D eigenvalue weighted by molar-refractivity contribution is 5.94. The summed E-state index contributed by atoms with van der Waals surface area (Å²) in [5, 5.41) is 15.9. The number of likely N-dealkylation sites (tertiary alicyclic amines) is 1. The number of aromatic amines is 1. The summed E-state index contributed by atoms with van der Waals surface area (Å²) in [6.45, 7) is 1.24. The van der Waals surface area contributed by atoms with Crippen LogP contribution < -0.4 is 4.74 Å². The van der Waals surface area contributed by atoms with E-state index in [4.69, 9.17) is 9.84 Å². The van der Waals surface area contributed by atoms with Crippen molar-refractivity contribution in [2.45, 2.75) is 19.4 Å². The molecule has 3 heterocycles. The zero-order valence-electron chi connectivity index (χ0n) is 16.3. The van der Waals surface area contributed by atoms with Gasteiger partial charge in [0.05, 0.1) is 23.5 Å². The number of ether oxygens (including phenoxy) is 1. The number of aromatic nitrogens is 3. The number of carboxylic acid groups (broad SMARTS) is 1. The highest BCUT2D eigenvalue weighted by Gasteiger charge is 2.27. The van der Waals surface area contributed by atoms with Gasteiger partial charge < -0.3 is 14.7 Å². The molecular formula is C22H22N4O4. The average Bonchev–Trinajstić information content (AvgIpc) is 3.33. The van der Waals surface area contributed by atoms with Gasteiger partial charge in [0, 0.05) is 24.8 Å². The maximum absolute atomic E-state index is 12.8. The minimum absolute atomic E-state index is 0.0775. The first-order chi connectivity index (χ1) is 14.6. The van der Waals surface area contributed by atoms with E-state index in [1.807, 2.05) is 36.4 Å². The number of carbonyl (C=O) groups excluding carboxylic acids is 1. The van der Waals surface area contributed by atoms with Crippen molar-refractivity contribution in [3.63, 3.8) is 0 Å². The SMILES string of the molecule is O=C(O)C1CCN(C(=O)c2cccc(COc3ccc(-c4ccn[nH]4)nc3)c2)CC1. The molecule has 4 rings (SSSR count). The number of benzene rings is 1. The summed E-state index contributed by atoms with van der Waals surface area (Å²) in [4.78, 5) is 29.9. The monoisotopic (exact) mass is 406 g/mol. The Balaban J connectivity index is 1.35. The van der Waals surface area contributed by atoms with E-state index in [9.17, 15) is 9.59 Å². The van der Waals surface area contributed by atoms with Gasteiger partial charge in [-0.25, -0.2) is 0 Å². The number of H-pyrrole nitrogens is 1. The fourth-order valence-corrected chi connectivity index (χ4v) is 3.50. The molecule has 3 aromatic rings. The van der Waals surface area contributed by atoms with Crippen molar-refractivity contribution in [2.24, 2.45) is 5.92 Å². The van der Waals surface area contributed by atoms with E-state index < -0.39 is 5.97 Å². The van der Waals surface area contributed by atoms with E-state index in [0.29, 0.717) is 43.9 Å². The highest BCUT2D eigenvalue weighted by atomic mass is 16.5. The van der Waals surface area contributed by atoms with E-state index in [1.165, 1.54) is 0 Å². The number of hydrogen-bond donors (Lipinski definition) is 2. The summed E-state index contributed by atoms with van der Waals surface area (Å²) in [5.74, 6) is -0.590. The number of nitrogens with zero attached hydrogens (tertiary/aromatic N) is 3. The van der Waals surface area contributed by atoms with Crippen molar-refractivity contribution in [2.75, 3.05) is 13.1 Å². The number of piperidine rings is 1. The van der Waals surface area contributed by atoms with Crippen molar-refractivity contribution in [1.29, 1.82) is 0 Å². The van der Waals surface area contributed by atoms with Gasteiger partial charge in [0.25, 0.3) is 5.91 Å². The summed E-state index contributed by atoms with van der Waals surface area (Å²) in [6, 6.07) is 12.9. The standard InChI is InChI=1S/C22H22N4O4/c27-21(26-10-7-16(8-11-26)22(28)29)17-3-1-2-15(12-17)14-30-18-4-5-19(23-13-18)20-6-9-24-25-20/h1-6,9,12-13,16H,7-8,10-11,14H2,(H,24,25)(H,28,29). The number of rotatable bonds is 6. The molecule has 154 valence electrons. The number of carboxylic acids is 1. The molecule has 1 saturated heterocycles. The molecule has 1 aliphatic heterocycles. The number of carbonyl (C=O) groups is 2. The Morgan fingerprint density at radius 3 is 2.67 bits per heavy atom. The Labute approximate surface area is 173 Å². The lowest BCUT2D eigenvalue weighted by Gasteiger charge is -2.30. The van der Waals surface area contributed by atoms with E-state index in [0.717, 1.165) is 17.0 Å². The zero-order valence-corrected chi connectivity index (χ0v) is 16.3. The number of hydrogen-bond acceptors (Lipinski definition) is 5. The Bertz CT molecular complexity index is 1010. The van der Waals surface area contributed by atoms with Crippen LogP contribution in [0.1, 0.15) is 28.8 Å². The van der Waals surface area contributed by atoms with E-state index in [-0.39, 0.29) is 11.8 Å². The lowest BCUT2D eigenvalue weighted by molar-refractivity contribution is -0.143. The maximum Gasteiger partial charge on any atom is 0.306 e. The van der Waals surface area contributed by atoms with E-state index >= 15 is 0 Å². The van der Waals surface area contributed by atoms with Gasteiger partial charge in [-0.1, -0.05) is 12.1 Å². The molecule has 0 unspecified atom stereocenters. The molecule has 2 aromatic heterocycles. The van der Waals surface area contributed by atoms with Crippen LogP contribution in [0.15, 0.2) is 54.9 Å². The molecule has 0 bridgehead atoms. The molecule has 2 N–H and O–H groups in total. The second-order valence-corrected chi connectivity index (χ2v) is 7.24. The Kier molecular flexibility index (Phi) is 5.74. The third kappa shape index (κ3) is 4.48. The molecule has 0 saturated carbocycles. The van der Waals surface area contributed by atoms with Gasteiger partial charge >= 0.3 is 5.97 Å². The van der Waals surface area contributed by atoms with Crippen molar-refractivity contribution in [3.05, 3.63) is 66.0 Å². The van der Waals surface area contributed by atoms with Crippen LogP contribution in [0.5, 0.6) is 5.75 Å². The van der Waals surface area contributed by atoms with Crippen molar-refractivity contribution >= 4 is 11.9 Å². The van der Waals surface area contributed by atoms with Gasteiger partial charge in [0.1, 0.15) is 12.4 Å². The third-order valence-corrected chi connectivity index (χ3v) is 5.22. The summed E-state index contributed by atoms with van der Waals surface area (Å²) < 4.78 is 5.81. The molecular weight excluding hydrogens is 384 g/mol. The van der Waals surface area contributed by atoms with Gasteiger partial charge in [-0.2, -0.15) is 5.10 Å². The fourth-order valence-electron chi connectivity index (χ4n) is 3.50. The van der Waals surface area contributed by atoms with Gasteiger partial charge in [-0.05, 0) is 48.7 Å². The van der Waals surface area contributed by atoms with Crippen molar-refractivity contribution in [1.82, 2.24) is 20.1 Å². The molecule has 1 aliphatic rings. The molecule has 8 heteroatoms. The normalized spacial score (nSPS) is 14.5. The summed E-state index contributed by atoms with van der Waals surface area (Å²) >= 11 is 0. The van der Waals surface area contributed by atoms with Crippen molar-refractivity contribution < 1.29 is 19.4 Å². The smallest absolute Gasteiger partial charge is 0.306 e. The van der Waals surface area contributed by atoms with Crippen LogP contribution >= 0.6 is 0 Å². The zero-order chi connectivity index (χ0) is 20.9. The lowest BCUT2D eigenvalue weighted by Crippen LogP contribution is -2.40. The first-order valence-electron chi connectivity index (χ1n) is 9.80. The number of amides is 1. The molecule has 1 fully saturated rings. The maximum atomic E-state index is 12.8. The molecule has 30 heavy (non-hydrogen) atoms. The second-order valence-electron chi connectivity index (χ2n) is 7.24. The number of pyridine rings is 1. The highest BCUT2D eigenvalue weighted by Crippen LogP contribution is 2.21. The molecule has 0 radical (unpaired) electrons. The van der Waals surface area contributed by atoms with Gasteiger partial charge in [0.2, 0.25) is 0 Å². The van der Waals surface area contributed by atoms with Gasteiger partial charge in [0.15, 0.2) is 0 Å². The minimum Gasteiger partial charge on any atom is -0.487 e. The number of nitrogens with one attached hydrogen (secondary N) is 1. The predicted octanol–water partition coefficient (Wildman–Crippen LogP) is 2.99. The fraction of sp³-hybridized carbons (Fsp3) is 0.273. The molecule has 0 spiro atoms. The van der Waals surface area contributed by atoms with Gasteiger partial charge in [-0.3, -0.25) is 19.7 Å². The van der Waals surface area contributed by atoms with Crippen LogP contribution in [0.3, 0.4) is 0 Å². The third-order valence-electron chi connectivity index (χ3n) is 5.22. The molecule has 0 aliphatic carbocycles. The molecule has 1 aromatic carbocycles. The average molecular weight is 406 g/mol. The second kappa shape index (κ2) is 8.77. The summed E-state index contributed by atoms with van der Waals surface area (Å²) in [5.41, 5.74) is 3.07. The largest absolute Gasteiger partial charge is 0.487 e. The number of aliphatic carboxylic acids is 1. The Morgan fingerprint density at radius 2 is 2.00 bits per heavy atom. The van der Waals surface area contributed by atoms with Crippen LogP contribution in [0, 0.1) is 5.92 Å². The van der Waals surface area contributed by atoms with E-state index in [1.54, 1.807) is 23.4 Å². The van der Waals surface area contributed by atoms with Gasteiger partial charge in [-0.15, -0.1) is 0 Å². The molecule has 8 nitrogen and oxygen atoms in total. The quantitative estimate of drug-likeness (QED) is 0.651. The lowest BCUT2D eigenvalue weighted by atomic mass is 9.96. The Morgan fingerprint density at radius 1 is 1.17 bits per heavy atom. The van der Waals surface area contributed by atoms with E-state index in [2.05, 4.69) is 15.2 Å². The van der Waals surface area contributed by atoms with Crippen LogP contribution in [-0.4, -0.2) is 50.2 Å². The van der Waals surface area contributed by atoms with Crippen LogP contribution in [0.2, 0.25) is 0 Å². The Hall–Kier alpha value is -3.68. The van der Waals surface area contributed by atoms with Crippen LogP contribution in [-0.2, 0) is 11.4 Å². The minimum atomic E-state index is -0.784. The molecule has 1 amide bonds. The van der Waals surface area contributed by atoms with Crippen molar-refractivity contribution in [3.8, 4) is 17.1 Å².